The number of nitrogens with zero attached hydrogens (tertiary/aromatic N) is 2. The molecule has 0 saturated carbocycles. The number of aromatic nitrogens is 1. The van der Waals surface area contributed by atoms with Crippen LogP contribution in [0.2, 0.25) is 0 Å². The van der Waals surface area contributed by atoms with Crippen LogP contribution in [0.15, 0.2) is 12.3 Å². The Labute approximate surface area is 148 Å². The molecule has 1 aromatic heterocycles. The molecule has 1 aliphatic heterocycles. The van der Waals surface area contributed by atoms with E-state index in [2.05, 4.69) is 15.5 Å². The molecule has 25 heavy (non-hydrogen) atoms. The van der Waals surface area contributed by atoms with Crippen LogP contribution in [-0.2, 0) is 16.5 Å². The van der Waals surface area contributed by atoms with Gasteiger partial charge in [0.05, 0.1) is 18.9 Å². The van der Waals surface area contributed by atoms with Crippen molar-refractivity contribution in [1.29, 1.82) is 0 Å². The van der Waals surface area contributed by atoms with E-state index in [4.69, 9.17) is 9.47 Å². The molecular weight excluding hydrogens is 324 g/mol. The van der Waals surface area contributed by atoms with Crippen molar-refractivity contribution in [1.82, 2.24) is 14.8 Å². The van der Waals surface area contributed by atoms with E-state index in [1.54, 1.807) is 44.6 Å². The van der Waals surface area contributed by atoms with Crippen molar-refractivity contribution >= 4 is 17.7 Å². The fraction of sp³-hybridized carbons (Fsp3) is 0.647. The maximum absolute atomic E-state index is 12.3. The second kappa shape index (κ2) is 8.35. The molecule has 8 nitrogen and oxygen atoms in total. The van der Waals surface area contributed by atoms with Gasteiger partial charge in [0.2, 0.25) is 0 Å². The van der Waals surface area contributed by atoms with Crippen molar-refractivity contribution in [2.45, 2.75) is 26.4 Å². The van der Waals surface area contributed by atoms with E-state index >= 15 is 0 Å². The summed E-state index contributed by atoms with van der Waals surface area (Å²) in [6.07, 6.45) is 1.14. The van der Waals surface area contributed by atoms with E-state index < -0.39 is 11.7 Å². The molecule has 1 fully saturated rings. The van der Waals surface area contributed by atoms with Gasteiger partial charge in [-0.2, -0.15) is 0 Å². The van der Waals surface area contributed by atoms with Gasteiger partial charge in [0.1, 0.15) is 11.3 Å². The molecule has 1 aliphatic rings. The Kier molecular flexibility index (Phi) is 6.44. The van der Waals surface area contributed by atoms with E-state index in [-0.39, 0.29) is 5.91 Å². The molecule has 2 heterocycles. The van der Waals surface area contributed by atoms with Crippen molar-refractivity contribution in [3.63, 3.8) is 0 Å². The summed E-state index contributed by atoms with van der Waals surface area (Å²) >= 11 is 0. The smallest absolute Gasteiger partial charge is 0.412 e. The van der Waals surface area contributed by atoms with Gasteiger partial charge in [0.15, 0.2) is 0 Å². The maximum Gasteiger partial charge on any atom is 0.412 e. The summed E-state index contributed by atoms with van der Waals surface area (Å²) in [5, 5.41) is 5.54. The molecule has 0 unspecified atom stereocenters. The van der Waals surface area contributed by atoms with Crippen LogP contribution in [0.25, 0.3) is 0 Å². The van der Waals surface area contributed by atoms with Gasteiger partial charge in [-0.1, -0.05) is 0 Å². The summed E-state index contributed by atoms with van der Waals surface area (Å²) in [5.41, 5.74) is 0.432. The van der Waals surface area contributed by atoms with Gasteiger partial charge in [-0.05, 0) is 26.8 Å². The standard InChI is InChI=1S/C17H28N4O4/c1-17(2,3)25-16(23)19-13-11-14(20(4)12-13)15(22)18-5-6-21-7-9-24-10-8-21/h11-12H,5-10H2,1-4H3,(H,18,22)(H,19,23). The van der Waals surface area contributed by atoms with E-state index in [0.717, 1.165) is 32.8 Å². The summed E-state index contributed by atoms with van der Waals surface area (Å²) in [5.74, 6) is -0.173. The second-order valence-corrected chi connectivity index (χ2v) is 7.06. The van der Waals surface area contributed by atoms with Crippen molar-refractivity contribution in [3.05, 3.63) is 18.0 Å². The summed E-state index contributed by atoms with van der Waals surface area (Å²) in [7, 11) is 1.76. The second-order valence-electron chi connectivity index (χ2n) is 7.06. The van der Waals surface area contributed by atoms with Gasteiger partial charge < -0.3 is 19.4 Å². The minimum absolute atomic E-state index is 0.173. The molecule has 140 valence electrons. The zero-order chi connectivity index (χ0) is 18.4. The van der Waals surface area contributed by atoms with Crippen LogP contribution in [0.4, 0.5) is 10.5 Å². The van der Waals surface area contributed by atoms with Crippen LogP contribution in [0, 0.1) is 0 Å². The fourth-order valence-corrected chi connectivity index (χ4v) is 2.52. The van der Waals surface area contributed by atoms with Crippen molar-refractivity contribution in [3.8, 4) is 0 Å². The average molecular weight is 352 g/mol. The Morgan fingerprint density at radius 2 is 1.96 bits per heavy atom. The third kappa shape index (κ3) is 6.39. The Morgan fingerprint density at radius 1 is 1.28 bits per heavy atom. The summed E-state index contributed by atoms with van der Waals surface area (Å²) in [4.78, 5) is 26.4. The third-order valence-electron chi connectivity index (χ3n) is 3.70. The van der Waals surface area contributed by atoms with Crippen LogP contribution in [0.5, 0.6) is 0 Å². The van der Waals surface area contributed by atoms with Crippen molar-refractivity contribution in [2.24, 2.45) is 7.05 Å². The number of hydrogen-bond acceptors (Lipinski definition) is 5. The number of carbonyl (C=O) groups is 2. The Bertz CT molecular complexity index is 600. The van der Waals surface area contributed by atoms with E-state index in [1.165, 1.54) is 0 Å². The summed E-state index contributed by atoms with van der Waals surface area (Å²) < 4.78 is 12.2. The topological polar surface area (TPSA) is 84.8 Å². The lowest BCUT2D eigenvalue weighted by atomic mass is 10.2. The number of anilines is 1. The highest BCUT2D eigenvalue weighted by atomic mass is 16.6. The Hall–Kier alpha value is -2.06. The zero-order valence-corrected chi connectivity index (χ0v) is 15.4. The molecule has 1 aromatic rings. The van der Waals surface area contributed by atoms with Crippen LogP contribution in [-0.4, -0.2) is 66.5 Å². The van der Waals surface area contributed by atoms with E-state index in [1.807, 2.05) is 0 Å². The molecule has 0 radical (unpaired) electrons. The number of ether oxygens (including phenoxy) is 2. The number of morpholine rings is 1. The van der Waals surface area contributed by atoms with Crippen molar-refractivity contribution < 1.29 is 19.1 Å². The first kappa shape index (κ1) is 19.3. The minimum atomic E-state index is -0.571. The van der Waals surface area contributed by atoms with Gasteiger partial charge in [-0.3, -0.25) is 15.0 Å². The predicted molar refractivity (Wildman–Crippen MR) is 94.9 cm³/mol. The molecule has 0 aromatic carbocycles. The van der Waals surface area contributed by atoms with Gasteiger partial charge in [-0.15, -0.1) is 0 Å². The molecular formula is C17H28N4O4. The summed E-state index contributed by atoms with van der Waals surface area (Å²) in [6, 6.07) is 1.63. The zero-order valence-electron chi connectivity index (χ0n) is 15.4. The van der Waals surface area contributed by atoms with Crippen LogP contribution in [0.3, 0.4) is 0 Å². The minimum Gasteiger partial charge on any atom is -0.444 e. The van der Waals surface area contributed by atoms with E-state index in [0.29, 0.717) is 17.9 Å². The predicted octanol–water partition coefficient (Wildman–Crippen LogP) is 1.43. The van der Waals surface area contributed by atoms with Crippen LogP contribution < -0.4 is 10.6 Å². The molecule has 2 rings (SSSR count). The quantitative estimate of drug-likeness (QED) is 0.837. The summed E-state index contributed by atoms with van der Waals surface area (Å²) in [6.45, 7) is 10.0. The van der Waals surface area contributed by atoms with Gasteiger partial charge in [-0.25, -0.2) is 4.79 Å². The first-order valence-corrected chi connectivity index (χ1v) is 8.49. The van der Waals surface area contributed by atoms with Gasteiger partial charge in [0, 0.05) is 39.4 Å². The van der Waals surface area contributed by atoms with E-state index in [9.17, 15) is 9.59 Å². The third-order valence-corrected chi connectivity index (χ3v) is 3.70. The molecule has 2 N–H and O–H groups in total. The molecule has 0 bridgehead atoms. The fourth-order valence-electron chi connectivity index (χ4n) is 2.52. The average Bonchev–Trinajstić information content (AvgIpc) is 2.86. The maximum atomic E-state index is 12.3. The molecule has 8 heteroatoms. The first-order valence-electron chi connectivity index (χ1n) is 8.49. The lowest BCUT2D eigenvalue weighted by Gasteiger charge is -2.26. The van der Waals surface area contributed by atoms with Gasteiger partial charge in [0.25, 0.3) is 5.91 Å². The number of aryl methyl sites for hydroxylation is 1. The van der Waals surface area contributed by atoms with Crippen LogP contribution >= 0.6 is 0 Å². The normalized spacial score (nSPS) is 15.7. The Morgan fingerprint density at radius 3 is 2.60 bits per heavy atom. The van der Waals surface area contributed by atoms with Crippen LogP contribution in [0.1, 0.15) is 31.3 Å². The SMILES string of the molecule is Cn1cc(NC(=O)OC(C)(C)C)cc1C(=O)NCCN1CCOCC1. The first-order chi connectivity index (χ1) is 11.7. The number of nitrogens with one attached hydrogen (secondary N) is 2. The molecule has 2 amide bonds. The highest BCUT2D eigenvalue weighted by molar-refractivity contribution is 5.95. The largest absolute Gasteiger partial charge is 0.444 e. The van der Waals surface area contributed by atoms with Gasteiger partial charge >= 0.3 is 6.09 Å². The molecule has 0 atom stereocenters. The number of amides is 2. The lowest BCUT2D eigenvalue weighted by molar-refractivity contribution is 0.0383. The molecule has 0 spiro atoms. The molecule has 0 aliphatic carbocycles. The lowest BCUT2D eigenvalue weighted by Crippen LogP contribution is -2.41. The number of hydrogen-bond donors (Lipinski definition) is 2. The monoisotopic (exact) mass is 352 g/mol. The highest BCUT2D eigenvalue weighted by Gasteiger charge is 2.18. The van der Waals surface area contributed by atoms with Crippen molar-refractivity contribution in [2.75, 3.05) is 44.7 Å². The number of rotatable bonds is 5. The highest BCUT2D eigenvalue weighted by Crippen LogP contribution is 2.15. The Balaban J connectivity index is 1.83. The number of carbonyl (C=O) groups excluding carboxylic acids is 2. The molecule has 1 saturated heterocycles.